The number of hydrogen-bond donors (Lipinski definition) is 0. The maximum atomic E-state index is 13.4. The Morgan fingerprint density at radius 1 is 1.28 bits per heavy atom. The largest absolute Gasteiger partial charge is 0.342 e. The number of likely N-dealkylation sites (tertiary alicyclic amines) is 1. The number of hydrogen-bond acceptors (Lipinski definition) is 4. The number of piperidine rings is 1. The van der Waals surface area contributed by atoms with E-state index in [4.69, 9.17) is 4.52 Å². The van der Waals surface area contributed by atoms with E-state index in [1.807, 2.05) is 4.90 Å². The monoisotopic (exact) mass is 343 g/mol. The molecular formula is C19H22FN3O2. The van der Waals surface area contributed by atoms with Crippen molar-refractivity contribution in [1.29, 1.82) is 0 Å². The van der Waals surface area contributed by atoms with E-state index in [1.54, 1.807) is 12.1 Å². The first-order valence-electron chi connectivity index (χ1n) is 9.06. The maximum Gasteiger partial charge on any atom is 0.231 e. The lowest BCUT2D eigenvalue weighted by atomic mass is 9.82. The summed E-state index contributed by atoms with van der Waals surface area (Å²) in [6.07, 6.45) is 6.17. The highest BCUT2D eigenvalue weighted by Crippen LogP contribution is 2.32. The van der Waals surface area contributed by atoms with Crippen molar-refractivity contribution in [3.63, 3.8) is 0 Å². The third-order valence-corrected chi connectivity index (χ3v) is 5.34. The van der Waals surface area contributed by atoms with Crippen LogP contribution in [0.2, 0.25) is 0 Å². The van der Waals surface area contributed by atoms with Gasteiger partial charge in [-0.1, -0.05) is 23.7 Å². The Morgan fingerprint density at radius 3 is 2.92 bits per heavy atom. The molecule has 2 heterocycles. The molecule has 0 bridgehead atoms. The van der Waals surface area contributed by atoms with Crippen LogP contribution in [0.1, 0.15) is 50.3 Å². The van der Waals surface area contributed by atoms with Gasteiger partial charge in [0.1, 0.15) is 5.82 Å². The summed E-state index contributed by atoms with van der Waals surface area (Å²) >= 11 is 0. The van der Waals surface area contributed by atoms with Gasteiger partial charge in [-0.3, -0.25) is 4.79 Å². The fourth-order valence-corrected chi connectivity index (χ4v) is 3.62. The fourth-order valence-electron chi connectivity index (χ4n) is 3.62. The number of nitrogens with zero attached hydrogens (tertiary/aromatic N) is 3. The number of halogens is 1. The van der Waals surface area contributed by atoms with Crippen LogP contribution in [-0.4, -0.2) is 34.0 Å². The highest BCUT2D eigenvalue weighted by atomic mass is 19.1. The summed E-state index contributed by atoms with van der Waals surface area (Å²) in [5.41, 5.74) is 0.601. The van der Waals surface area contributed by atoms with Crippen molar-refractivity contribution in [3.05, 3.63) is 36.0 Å². The van der Waals surface area contributed by atoms with E-state index in [0.717, 1.165) is 19.4 Å². The van der Waals surface area contributed by atoms with Crippen LogP contribution < -0.4 is 0 Å². The lowest BCUT2D eigenvalue weighted by Crippen LogP contribution is -2.40. The Morgan fingerprint density at radius 2 is 2.16 bits per heavy atom. The van der Waals surface area contributed by atoms with Crippen molar-refractivity contribution in [2.75, 3.05) is 13.1 Å². The molecule has 1 saturated heterocycles. The Kier molecular flexibility index (Phi) is 4.51. The third kappa shape index (κ3) is 3.57. The van der Waals surface area contributed by atoms with Crippen molar-refractivity contribution >= 4 is 5.91 Å². The number of carbonyl (C=O) groups is 1. The summed E-state index contributed by atoms with van der Waals surface area (Å²) in [7, 11) is 0. The zero-order valence-corrected chi connectivity index (χ0v) is 14.2. The van der Waals surface area contributed by atoms with E-state index < -0.39 is 0 Å². The molecule has 6 heteroatoms. The number of benzene rings is 1. The van der Waals surface area contributed by atoms with Gasteiger partial charge in [0.2, 0.25) is 17.6 Å². The topological polar surface area (TPSA) is 59.2 Å². The summed E-state index contributed by atoms with van der Waals surface area (Å²) in [4.78, 5) is 18.8. The molecule has 25 heavy (non-hydrogen) atoms. The standard InChI is InChI=1S/C19H22FN3O2/c20-16-8-2-6-14(11-16)18-21-19(25-22-18)15-7-3-9-23(12-15)17(24)10-13-4-1-5-13/h2,6,8,11,13,15H,1,3-5,7,9-10,12H2. The average Bonchev–Trinajstić information content (AvgIpc) is 3.08. The predicted molar refractivity (Wildman–Crippen MR) is 90.2 cm³/mol. The maximum absolute atomic E-state index is 13.4. The smallest absolute Gasteiger partial charge is 0.231 e. The number of rotatable bonds is 4. The van der Waals surface area contributed by atoms with E-state index >= 15 is 0 Å². The number of carbonyl (C=O) groups excluding carboxylic acids is 1. The van der Waals surface area contributed by atoms with Gasteiger partial charge in [-0.2, -0.15) is 4.98 Å². The summed E-state index contributed by atoms with van der Waals surface area (Å²) < 4.78 is 18.8. The zero-order valence-electron chi connectivity index (χ0n) is 14.2. The molecule has 0 radical (unpaired) electrons. The van der Waals surface area contributed by atoms with Gasteiger partial charge in [0.15, 0.2) is 0 Å². The first-order valence-corrected chi connectivity index (χ1v) is 9.06. The van der Waals surface area contributed by atoms with Crippen LogP contribution in [0.25, 0.3) is 11.4 Å². The second-order valence-corrected chi connectivity index (χ2v) is 7.15. The van der Waals surface area contributed by atoms with E-state index in [1.165, 1.54) is 31.4 Å². The van der Waals surface area contributed by atoms with Crippen LogP contribution in [0.4, 0.5) is 4.39 Å². The van der Waals surface area contributed by atoms with Crippen molar-refractivity contribution in [2.24, 2.45) is 5.92 Å². The third-order valence-electron chi connectivity index (χ3n) is 5.34. The molecule has 2 aliphatic rings. The normalized spacial score (nSPS) is 21.2. The van der Waals surface area contributed by atoms with E-state index in [-0.39, 0.29) is 17.6 Å². The Labute approximate surface area is 146 Å². The Balaban J connectivity index is 1.43. The van der Waals surface area contributed by atoms with Gasteiger partial charge < -0.3 is 9.42 Å². The molecule has 2 aromatic rings. The Hall–Kier alpha value is -2.24. The van der Waals surface area contributed by atoms with Gasteiger partial charge in [-0.05, 0) is 43.7 Å². The molecule has 4 rings (SSSR count). The van der Waals surface area contributed by atoms with Gasteiger partial charge in [0.05, 0.1) is 5.92 Å². The molecule has 1 aliphatic heterocycles. The summed E-state index contributed by atoms with van der Waals surface area (Å²) in [5.74, 6) is 1.51. The molecule has 1 aliphatic carbocycles. The highest BCUT2D eigenvalue weighted by Gasteiger charge is 2.30. The minimum atomic E-state index is -0.325. The quantitative estimate of drug-likeness (QED) is 0.848. The van der Waals surface area contributed by atoms with Crippen LogP contribution in [0, 0.1) is 11.7 Å². The SMILES string of the molecule is O=C(CC1CCC1)N1CCCC(c2nc(-c3cccc(F)c3)no2)C1. The van der Waals surface area contributed by atoms with Gasteiger partial charge in [0.25, 0.3) is 0 Å². The van der Waals surface area contributed by atoms with Crippen LogP contribution in [0.3, 0.4) is 0 Å². The molecule has 0 spiro atoms. The lowest BCUT2D eigenvalue weighted by molar-refractivity contribution is -0.134. The molecule has 5 nitrogen and oxygen atoms in total. The van der Waals surface area contributed by atoms with E-state index in [0.29, 0.717) is 36.2 Å². The molecule has 132 valence electrons. The van der Waals surface area contributed by atoms with Gasteiger partial charge in [-0.15, -0.1) is 0 Å². The molecule has 1 amide bonds. The van der Waals surface area contributed by atoms with Gasteiger partial charge in [-0.25, -0.2) is 4.39 Å². The van der Waals surface area contributed by atoms with Crippen LogP contribution in [-0.2, 0) is 4.79 Å². The first kappa shape index (κ1) is 16.2. The van der Waals surface area contributed by atoms with Crippen LogP contribution >= 0.6 is 0 Å². The molecule has 2 fully saturated rings. The van der Waals surface area contributed by atoms with Gasteiger partial charge in [0, 0.05) is 25.1 Å². The Bertz CT molecular complexity index is 757. The first-order chi connectivity index (χ1) is 12.2. The minimum absolute atomic E-state index is 0.0638. The lowest BCUT2D eigenvalue weighted by Gasteiger charge is -2.33. The van der Waals surface area contributed by atoms with Crippen LogP contribution in [0.15, 0.2) is 28.8 Å². The van der Waals surface area contributed by atoms with Crippen molar-refractivity contribution in [2.45, 2.75) is 44.4 Å². The molecule has 0 N–H and O–H groups in total. The fraction of sp³-hybridized carbons (Fsp3) is 0.526. The molecular weight excluding hydrogens is 321 g/mol. The van der Waals surface area contributed by atoms with Crippen LogP contribution in [0.5, 0.6) is 0 Å². The second kappa shape index (κ2) is 6.94. The second-order valence-electron chi connectivity index (χ2n) is 7.15. The molecule has 1 saturated carbocycles. The predicted octanol–water partition coefficient (Wildman–Crippen LogP) is 3.77. The van der Waals surface area contributed by atoms with Gasteiger partial charge >= 0.3 is 0 Å². The molecule has 1 unspecified atom stereocenters. The number of aromatic nitrogens is 2. The molecule has 1 aromatic heterocycles. The van der Waals surface area contributed by atoms with Crippen molar-refractivity contribution in [3.8, 4) is 11.4 Å². The summed E-state index contributed by atoms with van der Waals surface area (Å²) in [5, 5.41) is 3.99. The minimum Gasteiger partial charge on any atom is -0.342 e. The molecule has 1 aromatic carbocycles. The van der Waals surface area contributed by atoms with Crippen molar-refractivity contribution in [1.82, 2.24) is 15.0 Å². The summed E-state index contributed by atoms with van der Waals surface area (Å²) in [6, 6.07) is 6.16. The zero-order chi connectivity index (χ0) is 17.2. The van der Waals surface area contributed by atoms with E-state index in [2.05, 4.69) is 10.1 Å². The van der Waals surface area contributed by atoms with Crippen molar-refractivity contribution < 1.29 is 13.7 Å². The average molecular weight is 343 g/mol. The molecule has 1 atom stereocenters. The number of amides is 1. The van der Waals surface area contributed by atoms with E-state index in [9.17, 15) is 9.18 Å². The summed E-state index contributed by atoms with van der Waals surface area (Å²) in [6.45, 7) is 1.45. The highest BCUT2D eigenvalue weighted by molar-refractivity contribution is 5.76.